The van der Waals surface area contributed by atoms with Crippen LogP contribution in [0.1, 0.15) is 29.8 Å². The summed E-state index contributed by atoms with van der Waals surface area (Å²) in [5.41, 5.74) is 2.75. The van der Waals surface area contributed by atoms with E-state index < -0.39 is 0 Å². The van der Waals surface area contributed by atoms with Crippen LogP contribution >= 0.6 is 11.6 Å². The lowest BCUT2D eigenvalue weighted by atomic mass is 9.84. The van der Waals surface area contributed by atoms with Gasteiger partial charge in [0.15, 0.2) is 0 Å². The van der Waals surface area contributed by atoms with E-state index in [0.717, 1.165) is 5.52 Å². The molecule has 23 heavy (non-hydrogen) atoms. The van der Waals surface area contributed by atoms with Crippen LogP contribution in [0.25, 0.3) is 10.9 Å². The molecule has 0 aliphatic rings. The summed E-state index contributed by atoms with van der Waals surface area (Å²) in [5, 5.41) is 4.83. The minimum absolute atomic E-state index is 0.0883. The maximum atomic E-state index is 12.3. The first kappa shape index (κ1) is 15.6. The average molecular weight is 327 g/mol. The van der Waals surface area contributed by atoms with E-state index in [4.69, 9.17) is 11.6 Å². The fourth-order valence-electron chi connectivity index (χ4n) is 2.73. The van der Waals surface area contributed by atoms with Crippen molar-refractivity contribution in [3.8, 4) is 0 Å². The highest BCUT2D eigenvalue weighted by atomic mass is 35.5. The van der Waals surface area contributed by atoms with Gasteiger partial charge in [0, 0.05) is 39.6 Å². The lowest BCUT2D eigenvalue weighted by molar-refractivity contribution is 0.0946. The van der Waals surface area contributed by atoms with Crippen LogP contribution in [0.15, 0.2) is 54.7 Å². The summed E-state index contributed by atoms with van der Waals surface area (Å²) in [6, 6.07) is 15.1. The SMILES string of the molecule is CC(C)(CNC(=O)c1ccc(Cl)cc1)c1c[nH]c2ccccc12. The molecule has 0 unspecified atom stereocenters. The Morgan fingerprint density at radius 1 is 1.13 bits per heavy atom. The third-order valence-corrected chi connectivity index (χ3v) is 4.37. The molecule has 0 aliphatic carbocycles. The van der Waals surface area contributed by atoms with Gasteiger partial charge in [-0.3, -0.25) is 4.79 Å². The van der Waals surface area contributed by atoms with Crippen molar-refractivity contribution in [1.82, 2.24) is 10.3 Å². The molecule has 2 aromatic carbocycles. The molecule has 3 nitrogen and oxygen atoms in total. The minimum Gasteiger partial charge on any atom is -0.361 e. The smallest absolute Gasteiger partial charge is 0.251 e. The van der Waals surface area contributed by atoms with E-state index in [2.05, 4.69) is 36.3 Å². The topological polar surface area (TPSA) is 44.9 Å². The third kappa shape index (κ3) is 3.25. The number of rotatable bonds is 4. The Morgan fingerprint density at radius 2 is 1.83 bits per heavy atom. The second-order valence-corrected chi connectivity index (χ2v) is 6.76. The number of hydrogen-bond donors (Lipinski definition) is 2. The predicted molar refractivity (Wildman–Crippen MR) is 95.1 cm³/mol. The van der Waals surface area contributed by atoms with E-state index in [9.17, 15) is 4.79 Å². The van der Waals surface area contributed by atoms with Crippen molar-refractivity contribution in [3.63, 3.8) is 0 Å². The van der Waals surface area contributed by atoms with Crippen LogP contribution in [0.5, 0.6) is 0 Å². The van der Waals surface area contributed by atoms with Crippen LogP contribution in [0.2, 0.25) is 5.02 Å². The number of hydrogen-bond acceptors (Lipinski definition) is 1. The molecule has 0 radical (unpaired) electrons. The lowest BCUT2D eigenvalue weighted by Crippen LogP contribution is -2.36. The first-order valence-corrected chi connectivity index (χ1v) is 7.95. The Bertz CT molecular complexity index is 834. The van der Waals surface area contributed by atoms with Crippen molar-refractivity contribution in [2.45, 2.75) is 19.3 Å². The van der Waals surface area contributed by atoms with Crippen LogP contribution in [-0.2, 0) is 5.41 Å². The van der Waals surface area contributed by atoms with Crippen LogP contribution < -0.4 is 5.32 Å². The number of halogens is 1. The molecule has 4 heteroatoms. The van der Waals surface area contributed by atoms with Gasteiger partial charge < -0.3 is 10.3 Å². The average Bonchev–Trinajstić information content (AvgIpc) is 2.98. The van der Waals surface area contributed by atoms with Gasteiger partial charge >= 0.3 is 0 Å². The molecule has 1 amide bonds. The second kappa shape index (κ2) is 6.09. The lowest BCUT2D eigenvalue weighted by Gasteiger charge is -2.25. The summed E-state index contributed by atoms with van der Waals surface area (Å²) >= 11 is 5.85. The number of aromatic amines is 1. The Labute approximate surface area is 140 Å². The molecular weight excluding hydrogens is 308 g/mol. The van der Waals surface area contributed by atoms with Crippen LogP contribution in [0.3, 0.4) is 0 Å². The molecule has 2 N–H and O–H groups in total. The largest absolute Gasteiger partial charge is 0.361 e. The first-order valence-electron chi connectivity index (χ1n) is 7.58. The van der Waals surface area contributed by atoms with Gasteiger partial charge in [0.05, 0.1) is 0 Å². The van der Waals surface area contributed by atoms with E-state index in [-0.39, 0.29) is 11.3 Å². The van der Waals surface area contributed by atoms with Crippen molar-refractivity contribution in [2.75, 3.05) is 6.54 Å². The van der Waals surface area contributed by atoms with Gasteiger partial charge in [-0.1, -0.05) is 43.6 Å². The number of benzene rings is 2. The molecule has 118 valence electrons. The normalized spacial score (nSPS) is 11.6. The fourth-order valence-corrected chi connectivity index (χ4v) is 2.86. The van der Waals surface area contributed by atoms with E-state index in [1.807, 2.05) is 18.3 Å². The van der Waals surface area contributed by atoms with Crippen LogP contribution in [-0.4, -0.2) is 17.4 Å². The zero-order valence-corrected chi connectivity index (χ0v) is 13.9. The van der Waals surface area contributed by atoms with Gasteiger partial charge in [-0.15, -0.1) is 0 Å². The molecular formula is C19H19ClN2O. The number of carbonyl (C=O) groups excluding carboxylic acids is 1. The Balaban J connectivity index is 1.76. The fraction of sp³-hybridized carbons (Fsp3) is 0.211. The van der Waals surface area contributed by atoms with Gasteiger partial charge in [-0.05, 0) is 35.9 Å². The number of aromatic nitrogens is 1. The number of para-hydroxylation sites is 1. The van der Waals surface area contributed by atoms with Gasteiger partial charge in [0.2, 0.25) is 0 Å². The molecule has 0 atom stereocenters. The highest BCUT2D eigenvalue weighted by molar-refractivity contribution is 6.30. The summed E-state index contributed by atoms with van der Waals surface area (Å²) < 4.78 is 0. The first-order chi connectivity index (χ1) is 11.0. The maximum absolute atomic E-state index is 12.3. The number of amides is 1. The number of H-pyrrole nitrogens is 1. The molecule has 1 heterocycles. The number of fused-ring (bicyclic) bond motifs is 1. The molecule has 3 aromatic rings. The van der Waals surface area contributed by atoms with Crippen LogP contribution in [0, 0.1) is 0 Å². The highest BCUT2D eigenvalue weighted by Crippen LogP contribution is 2.29. The summed E-state index contributed by atoms with van der Waals surface area (Å²) in [6.45, 7) is 4.81. The van der Waals surface area contributed by atoms with Crippen molar-refractivity contribution < 1.29 is 4.79 Å². The van der Waals surface area contributed by atoms with Gasteiger partial charge in [-0.25, -0.2) is 0 Å². The standard InChI is InChI=1S/C19H19ClN2O/c1-19(2,16-11-21-17-6-4-3-5-15(16)17)12-22-18(23)13-7-9-14(20)10-8-13/h3-11,21H,12H2,1-2H3,(H,22,23). The molecule has 0 bridgehead atoms. The minimum atomic E-state index is -0.179. The maximum Gasteiger partial charge on any atom is 0.251 e. The third-order valence-electron chi connectivity index (χ3n) is 4.12. The van der Waals surface area contributed by atoms with Gasteiger partial charge in [0.25, 0.3) is 5.91 Å². The van der Waals surface area contributed by atoms with E-state index in [0.29, 0.717) is 17.1 Å². The molecule has 0 fully saturated rings. The van der Waals surface area contributed by atoms with Crippen LogP contribution in [0.4, 0.5) is 0 Å². The van der Waals surface area contributed by atoms with Crippen molar-refractivity contribution >= 4 is 28.4 Å². The molecule has 0 spiro atoms. The summed E-state index contributed by atoms with van der Waals surface area (Å²) in [6.07, 6.45) is 2.03. The Kier molecular flexibility index (Phi) is 4.14. The summed E-state index contributed by atoms with van der Waals surface area (Å²) in [4.78, 5) is 15.6. The molecule has 0 aliphatic heterocycles. The number of carbonyl (C=O) groups is 1. The van der Waals surface area contributed by atoms with Gasteiger partial charge in [-0.2, -0.15) is 0 Å². The predicted octanol–water partition coefficient (Wildman–Crippen LogP) is 4.53. The van der Waals surface area contributed by atoms with Crippen molar-refractivity contribution in [3.05, 3.63) is 70.9 Å². The zero-order valence-electron chi connectivity index (χ0n) is 13.2. The quantitative estimate of drug-likeness (QED) is 0.727. The van der Waals surface area contributed by atoms with E-state index in [1.165, 1.54) is 10.9 Å². The van der Waals surface area contributed by atoms with E-state index in [1.54, 1.807) is 24.3 Å². The molecule has 0 saturated carbocycles. The van der Waals surface area contributed by atoms with Crippen molar-refractivity contribution in [2.24, 2.45) is 0 Å². The van der Waals surface area contributed by atoms with E-state index >= 15 is 0 Å². The molecule has 1 aromatic heterocycles. The summed E-state index contributed by atoms with van der Waals surface area (Å²) in [7, 11) is 0. The number of nitrogens with one attached hydrogen (secondary N) is 2. The zero-order chi connectivity index (χ0) is 16.4. The molecule has 0 saturated heterocycles. The van der Waals surface area contributed by atoms with Crippen molar-refractivity contribution in [1.29, 1.82) is 0 Å². The van der Waals surface area contributed by atoms with Gasteiger partial charge in [0.1, 0.15) is 0 Å². The highest BCUT2D eigenvalue weighted by Gasteiger charge is 2.24. The monoisotopic (exact) mass is 326 g/mol. The Morgan fingerprint density at radius 3 is 2.57 bits per heavy atom. The second-order valence-electron chi connectivity index (χ2n) is 6.32. The summed E-state index contributed by atoms with van der Waals surface area (Å²) in [5.74, 6) is -0.0883. The molecule has 3 rings (SSSR count). The Hall–Kier alpha value is -2.26.